The van der Waals surface area contributed by atoms with Gasteiger partial charge in [0, 0.05) is 40.7 Å². The molecule has 0 aliphatic carbocycles. The monoisotopic (exact) mass is 411 g/mol. The van der Waals surface area contributed by atoms with E-state index in [1.54, 1.807) is 5.38 Å². The Morgan fingerprint density at radius 3 is 2.92 bits per heavy atom. The third-order valence-electron chi connectivity index (χ3n) is 2.93. The van der Waals surface area contributed by atoms with Crippen molar-refractivity contribution in [1.29, 1.82) is 0 Å². The fraction of sp³-hybridized carbons (Fsp3) is 0.417. The van der Waals surface area contributed by atoms with Crippen LogP contribution in [0, 0.1) is 0 Å². The summed E-state index contributed by atoms with van der Waals surface area (Å²) in [4.78, 5) is 47.1. The molecule has 1 aromatic heterocycles. The Morgan fingerprint density at radius 2 is 2.31 bits per heavy atom. The second kappa shape index (κ2) is 11.4. The second-order valence-electron chi connectivity index (χ2n) is 4.71. The second-order valence-corrected chi connectivity index (χ2v) is 6.85. The van der Waals surface area contributed by atoms with Gasteiger partial charge in [-0.15, -0.1) is 23.1 Å². The minimum absolute atomic E-state index is 0. The molecule has 2 atom stereocenters. The van der Waals surface area contributed by atoms with Crippen LogP contribution in [0.15, 0.2) is 10.5 Å². The van der Waals surface area contributed by atoms with Crippen LogP contribution in [0.2, 0.25) is 0 Å². The Hall–Kier alpha value is -1.38. The number of aromatic nitrogens is 1. The van der Waals surface area contributed by atoms with Crippen molar-refractivity contribution in [3.8, 4) is 0 Å². The number of nitrogens with zero attached hydrogens (tertiary/aromatic N) is 2. The van der Waals surface area contributed by atoms with Crippen molar-refractivity contribution in [2.75, 3.05) is 11.5 Å². The Bertz CT molecular complexity index is 672. The minimum Gasteiger partial charge on any atom is -0.389 e. The van der Waals surface area contributed by atoms with E-state index < -0.39 is 17.9 Å². The van der Waals surface area contributed by atoms with E-state index in [2.05, 4.69) is 25.6 Å². The van der Waals surface area contributed by atoms with Gasteiger partial charge in [-0.3, -0.25) is 14.4 Å². The number of carbonyl (C=O) groups excluding carboxylic acids is 3. The maximum Gasteiger partial charge on any atom is 0.325 e. The van der Waals surface area contributed by atoms with Crippen molar-refractivity contribution < 1.29 is 24.1 Å². The zero-order valence-corrected chi connectivity index (χ0v) is 17.5. The van der Waals surface area contributed by atoms with Crippen LogP contribution in [-0.2, 0) is 30.7 Å². The van der Waals surface area contributed by atoms with Gasteiger partial charge < -0.3 is 26.0 Å². The molecule has 2 amide bonds. The summed E-state index contributed by atoms with van der Waals surface area (Å²) in [7, 11) is 0. The Labute approximate surface area is 178 Å². The largest absolute Gasteiger partial charge is 0.389 e. The number of amides is 2. The van der Waals surface area contributed by atoms with Crippen LogP contribution in [0.4, 0.5) is 5.13 Å². The van der Waals surface area contributed by atoms with Gasteiger partial charge in [-0.05, 0) is 0 Å². The summed E-state index contributed by atoms with van der Waals surface area (Å²) in [6.07, 6.45) is 1.03. The summed E-state index contributed by atoms with van der Waals surface area (Å²) in [6.45, 7) is 0.0805. The molecule has 26 heavy (non-hydrogen) atoms. The van der Waals surface area contributed by atoms with Crippen molar-refractivity contribution in [2.45, 2.75) is 24.4 Å². The predicted octanol–water partition coefficient (Wildman–Crippen LogP) is -1.67. The van der Waals surface area contributed by atoms with Gasteiger partial charge in [0.15, 0.2) is 11.7 Å². The number of anilines is 1. The third kappa shape index (κ3) is 7.09. The summed E-state index contributed by atoms with van der Waals surface area (Å²) in [5.74, 6) is 3.67. The number of nitrogens with two attached hydrogens (primary N) is 2. The molecule has 137 valence electrons. The molecule has 1 aliphatic heterocycles. The van der Waals surface area contributed by atoms with E-state index in [-0.39, 0.29) is 53.9 Å². The first-order valence-electron chi connectivity index (χ1n) is 6.97. The molecule has 1 aromatic rings. The quantitative estimate of drug-likeness (QED) is 0.160. The molecule has 1 aliphatic rings. The van der Waals surface area contributed by atoms with Crippen LogP contribution in [-0.4, -0.2) is 75.7 Å². The Kier molecular flexibility index (Phi) is 9.90. The summed E-state index contributed by atoms with van der Waals surface area (Å²) < 4.78 is 0. The van der Waals surface area contributed by atoms with E-state index in [0.29, 0.717) is 16.6 Å². The molecule has 14 heteroatoms. The smallest absolute Gasteiger partial charge is 0.325 e. The van der Waals surface area contributed by atoms with Crippen LogP contribution in [0.5, 0.6) is 0 Å². The molecule has 0 unspecified atom stereocenters. The number of oxime groups is 1. The number of β-lactam (4-membered cyclic amide) rings is 1. The molecule has 6 N–H and O–H groups in total. The standard InChI is InChI=1S/C12H16N6O5S2.Na/c13-12-16-6(5-25-12)4-22-15-3-7(19)17-9-10(21)18-11(9)24-2-1-8(20)23-14;/h3,5,9,11H,1-2,4,14H2,(H2,13,16)(H,17,19)(H,18,21);/t9-,11-;/m1./s1. The van der Waals surface area contributed by atoms with Crippen molar-refractivity contribution in [2.24, 2.45) is 11.1 Å². The molecule has 0 aromatic carbocycles. The van der Waals surface area contributed by atoms with Crippen LogP contribution >= 0.6 is 23.1 Å². The Morgan fingerprint density at radius 1 is 1.54 bits per heavy atom. The summed E-state index contributed by atoms with van der Waals surface area (Å²) >= 11 is 2.56. The van der Waals surface area contributed by atoms with E-state index in [1.807, 2.05) is 0 Å². The maximum absolute atomic E-state index is 11.7. The number of nitrogens with one attached hydrogen (secondary N) is 2. The normalized spacial score (nSPS) is 18.4. The van der Waals surface area contributed by atoms with E-state index in [0.717, 1.165) is 6.21 Å². The minimum atomic E-state index is -0.712. The molecule has 2 heterocycles. The van der Waals surface area contributed by atoms with Crippen molar-refractivity contribution in [1.82, 2.24) is 15.6 Å². The number of hydrogen-bond acceptors (Lipinski definition) is 11. The molecule has 0 saturated carbocycles. The number of hydrogen-bond donors (Lipinski definition) is 4. The molecule has 1 radical (unpaired) electrons. The fourth-order valence-corrected chi connectivity index (χ4v) is 3.40. The number of carbonyl (C=O) groups is 3. The molecule has 1 fully saturated rings. The third-order valence-corrected chi connectivity index (χ3v) is 4.84. The zero-order chi connectivity index (χ0) is 18.2. The SMILES string of the molecule is NOC(=O)CCS[C@H]1NC(=O)[C@H]1NC(=O)C=NOCc1csc(N)n1.[Na]. The van der Waals surface area contributed by atoms with Gasteiger partial charge in [-0.2, -0.15) is 5.90 Å². The first kappa shape index (κ1) is 22.7. The first-order chi connectivity index (χ1) is 12.0. The van der Waals surface area contributed by atoms with Gasteiger partial charge in [0.2, 0.25) is 5.91 Å². The Balaban J connectivity index is 0.00000338. The molecule has 0 spiro atoms. The average molecular weight is 411 g/mol. The number of thiazole rings is 1. The van der Waals surface area contributed by atoms with Crippen LogP contribution in [0.3, 0.4) is 0 Å². The maximum atomic E-state index is 11.7. The van der Waals surface area contributed by atoms with E-state index in [1.165, 1.54) is 23.1 Å². The topological polar surface area (TPSA) is 171 Å². The van der Waals surface area contributed by atoms with E-state index in [4.69, 9.17) is 16.5 Å². The predicted molar refractivity (Wildman–Crippen MR) is 96.8 cm³/mol. The van der Waals surface area contributed by atoms with Gasteiger partial charge >= 0.3 is 5.97 Å². The molecule has 2 rings (SSSR count). The number of rotatable bonds is 9. The van der Waals surface area contributed by atoms with E-state index >= 15 is 0 Å². The first-order valence-corrected chi connectivity index (χ1v) is 8.89. The van der Waals surface area contributed by atoms with Gasteiger partial charge in [0.1, 0.15) is 17.6 Å². The number of nitrogen functional groups attached to an aromatic ring is 1. The summed E-state index contributed by atoms with van der Waals surface area (Å²) in [6, 6.07) is -0.712. The van der Waals surface area contributed by atoms with E-state index in [9.17, 15) is 14.4 Å². The molecular weight excluding hydrogens is 395 g/mol. The van der Waals surface area contributed by atoms with Gasteiger partial charge in [0.25, 0.3) is 5.91 Å². The van der Waals surface area contributed by atoms with Crippen LogP contribution in [0.1, 0.15) is 12.1 Å². The number of thioether (sulfide) groups is 1. The fourth-order valence-electron chi connectivity index (χ4n) is 1.73. The average Bonchev–Trinajstić information content (AvgIpc) is 3.01. The zero-order valence-electron chi connectivity index (χ0n) is 13.8. The van der Waals surface area contributed by atoms with Crippen LogP contribution in [0.25, 0.3) is 0 Å². The van der Waals surface area contributed by atoms with Gasteiger partial charge in [0.05, 0.1) is 12.1 Å². The molecule has 11 nitrogen and oxygen atoms in total. The van der Waals surface area contributed by atoms with Gasteiger partial charge in [-0.1, -0.05) is 5.16 Å². The van der Waals surface area contributed by atoms with Gasteiger partial charge in [-0.25, -0.2) is 4.98 Å². The summed E-state index contributed by atoms with van der Waals surface area (Å²) in [5, 5.41) is 10.4. The van der Waals surface area contributed by atoms with Crippen molar-refractivity contribution in [3.05, 3.63) is 11.1 Å². The molecule has 1 saturated heterocycles. The van der Waals surface area contributed by atoms with Crippen molar-refractivity contribution >= 4 is 81.8 Å². The molecule has 0 bridgehead atoms. The summed E-state index contributed by atoms with van der Waals surface area (Å²) in [5.41, 5.74) is 6.07. The van der Waals surface area contributed by atoms with Crippen LogP contribution < -0.4 is 22.3 Å². The molecular formula is C12H16N6NaO5S2. The van der Waals surface area contributed by atoms with Crippen molar-refractivity contribution in [3.63, 3.8) is 0 Å².